The fourth-order valence-electron chi connectivity index (χ4n) is 5.80. The number of nitrogens with zero attached hydrogens (tertiary/aromatic N) is 1. The minimum atomic E-state index is -5.08. The van der Waals surface area contributed by atoms with E-state index in [9.17, 15) is 18.0 Å². The van der Waals surface area contributed by atoms with Crippen LogP contribution in [0.5, 0.6) is 11.5 Å². The molecule has 224 valence electrons. The molecule has 2 aromatic rings. The summed E-state index contributed by atoms with van der Waals surface area (Å²) in [4.78, 5) is 24.0. The van der Waals surface area contributed by atoms with Gasteiger partial charge in [0.1, 0.15) is 0 Å². The monoisotopic (exact) mass is 595 g/mol. The molecule has 1 saturated heterocycles. The van der Waals surface area contributed by atoms with Gasteiger partial charge in [0.2, 0.25) is 0 Å². The number of likely N-dealkylation sites (tertiary alicyclic amines) is 1. The van der Waals surface area contributed by atoms with Crippen molar-refractivity contribution in [3.05, 3.63) is 59.7 Å². The SMILES string of the molecule is COc1ccc(C23CCC(NC(=O)NSC4CC4)CC2N(Cc2ccccc2)CC3)cc1OC.O=C(O)C(F)(F)F. The first-order chi connectivity index (χ1) is 19.6. The Bertz CT molecular complexity index is 1200. The van der Waals surface area contributed by atoms with Crippen molar-refractivity contribution in [2.45, 2.75) is 74.0 Å². The van der Waals surface area contributed by atoms with Gasteiger partial charge in [-0.2, -0.15) is 13.2 Å². The van der Waals surface area contributed by atoms with Gasteiger partial charge < -0.3 is 19.9 Å². The number of nitrogens with one attached hydrogen (secondary N) is 2. The van der Waals surface area contributed by atoms with E-state index >= 15 is 0 Å². The van der Waals surface area contributed by atoms with E-state index in [0.29, 0.717) is 11.3 Å². The minimum Gasteiger partial charge on any atom is -0.493 e. The van der Waals surface area contributed by atoms with Crippen LogP contribution in [-0.2, 0) is 16.8 Å². The zero-order chi connectivity index (χ0) is 29.6. The van der Waals surface area contributed by atoms with Crippen molar-refractivity contribution in [2.24, 2.45) is 0 Å². The average molecular weight is 596 g/mol. The second-order valence-corrected chi connectivity index (χ2v) is 11.7. The number of urea groups is 1. The van der Waals surface area contributed by atoms with Gasteiger partial charge in [0.05, 0.1) is 14.2 Å². The molecule has 1 heterocycles. The van der Waals surface area contributed by atoms with Crippen LogP contribution < -0.4 is 19.5 Å². The molecule has 0 bridgehead atoms. The maximum absolute atomic E-state index is 12.5. The second-order valence-electron chi connectivity index (χ2n) is 10.6. The summed E-state index contributed by atoms with van der Waals surface area (Å²) in [5.74, 6) is -1.21. The highest BCUT2D eigenvalue weighted by molar-refractivity contribution is 7.98. The van der Waals surface area contributed by atoms with E-state index < -0.39 is 12.1 Å². The van der Waals surface area contributed by atoms with Gasteiger partial charge in [-0.25, -0.2) is 9.59 Å². The number of carboxylic acid groups (broad SMARTS) is 1. The van der Waals surface area contributed by atoms with Gasteiger partial charge >= 0.3 is 18.2 Å². The molecule has 8 nitrogen and oxygen atoms in total. The molecule has 41 heavy (non-hydrogen) atoms. The summed E-state index contributed by atoms with van der Waals surface area (Å²) in [6, 6.07) is 17.6. The summed E-state index contributed by atoms with van der Waals surface area (Å²) in [5.41, 5.74) is 2.70. The van der Waals surface area contributed by atoms with Crippen molar-refractivity contribution in [1.29, 1.82) is 0 Å². The summed E-state index contributed by atoms with van der Waals surface area (Å²) in [6.45, 7) is 1.97. The summed E-state index contributed by atoms with van der Waals surface area (Å²) in [7, 11) is 3.38. The molecule has 3 atom stereocenters. The first kappa shape index (κ1) is 30.8. The average Bonchev–Trinajstić information content (AvgIpc) is 3.73. The van der Waals surface area contributed by atoms with Gasteiger partial charge in [0.25, 0.3) is 0 Å². The van der Waals surface area contributed by atoms with Crippen molar-refractivity contribution in [3.63, 3.8) is 0 Å². The molecule has 12 heteroatoms. The van der Waals surface area contributed by atoms with Gasteiger partial charge in [-0.3, -0.25) is 9.62 Å². The third-order valence-electron chi connectivity index (χ3n) is 7.98. The van der Waals surface area contributed by atoms with Crippen LogP contribution in [0, 0.1) is 0 Å². The number of amides is 2. The minimum absolute atomic E-state index is 0.0474. The largest absolute Gasteiger partial charge is 0.493 e. The molecule has 0 radical (unpaired) electrons. The van der Waals surface area contributed by atoms with Crippen molar-refractivity contribution in [3.8, 4) is 11.5 Å². The number of carboxylic acids is 1. The zero-order valence-electron chi connectivity index (χ0n) is 23.1. The molecule has 3 N–H and O–H groups in total. The maximum Gasteiger partial charge on any atom is 0.490 e. The van der Waals surface area contributed by atoms with Crippen molar-refractivity contribution in [2.75, 3.05) is 20.8 Å². The molecule has 0 aromatic heterocycles. The summed E-state index contributed by atoms with van der Waals surface area (Å²) in [6.07, 6.45) is 1.40. The zero-order valence-corrected chi connectivity index (χ0v) is 23.9. The fraction of sp³-hybridized carbons (Fsp3) is 0.517. The van der Waals surface area contributed by atoms with Gasteiger partial charge in [0, 0.05) is 29.3 Å². The van der Waals surface area contributed by atoms with Crippen LogP contribution in [0.3, 0.4) is 0 Å². The highest BCUT2D eigenvalue weighted by Crippen LogP contribution is 2.50. The quantitative estimate of drug-likeness (QED) is 0.346. The standard InChI is InChI=1S/C27H35N3O3S.C2HF3O2/c1-32-23-11-8-20(16-24(23)33-2)27-13-12-21(28-26(31)29-34-22-9-10-22)17-25(27)30(15-14-27)18-19-6-4-3-5-7-19;3-2(4,5)1(6)7/h3-8,11,16,21-22,25H,9-10,12-15,17-18H2,1-2H3,(H2,28,29,31);(H,6,7). The second kappa shape index (κ2) is 13.2. The lowest BCUT2D eigenvalue weighted by atomic mass is 9.65. The molecular weight excluding hydrogens is 559 g/mol. The van der Waals surface area contributed by atoms with Crippen LogP contribution in [0.1, 0.15) is 49.7 Å². The number of aliphatic carboxylic acids is 1. The van der Waals surface area contributed by atoms with Crippen LogP contribution in [0.4, 0.5) is 18.0 Å². The lowest BCUT2D eigenvalue weighted by molar-refractivity contribution is -0.192. The van der Waals surface area contributed by atoms with Crippen molar-refractivity contribution in [1.82, 2.24) is 14.9 Å². The Morgan fingerprint density at radius 2 is 1.73 bits per heavy atom. The molecule has 3 fully saturated rings. The van der Waals surface area contributed by atoms with E-state index in [1.54, 1.807) is 26.2 Å². The Morgan fingerprint density at radius 3 is 2.34 bits per heavy atom. The molecule has 3 aliphatic rings. The number of alkyl halides is 3. The number of hydrogen-bond donors (Lipinski definition) is 3. The van der Waals surface area contributed by atoms with Crippen LogP contribution in [0.15, 0.2) is 48.5 Å². The van der Waals surface area contributed by atoms with Gasteiger partial charge in [-0.1, -0.05) is 36.4 Å². The summed E-state index contributed by atoms with van der Waals surface area (Å²) in [5, 5.41) is 11.0. The van der Waals surface area contributed by atoms with Crippen molar-refractivity contribution < 1.29 is 37.3 Å². The van der Waals surface area contributed by atoms with Crippen LogP contribution >= 0.6 is 11.9 Å². The van der Waals surface area contributed by atoms with E-state index in [2.05, 4.69) is 57.4 Å². The van der Waals surface area contributed by atoms with E-state index in [4.69, 9.17) is 19.4 Å². The highest BCUT2D eigenvalue weighted by Gasteiger charge is 2.51. The Balaban J connectivity index is 0.000000493. The Labute approximate surface area is 242 Å². The molecule has 2 amide bonds. The number of halogens is 3. The number of ether oxygens (including phenoxy) is 2. The third kappa shape index (κ3) is 7.79. The van der Waals surface area contributed by atoms with E-state index in [1.165, 1.54) is 24.0 Å². The predicted molar refractivity (Wildman–Crippen MR) is 150 cm³/mol. The Hall–Kier alpha value is -3.12. The van der Waals surface area contributed by atoms with Gasteiger partial charge in [-0.05, 0) is 80.3 Å². The number of carbonyl (C=O) groups is 2. The molecule has 5 rings (SSSR count). The highest BCUT2D eigenvalue weighted by atomic mass is 32.2. The molecule has 2 aromatic carbocycles. The number of methoxy groups -OCH3 is 2. The predicted octanol–water partition coefficient (Wildman–Crippen LogP) is 5.51. The Kier molecular flexibility index (Phi) is 9.96. The van der Waals surface area contributed by atoms with E-state index in [0.717, 1.165) is 50.3 Å². The first-order valence-electron chi connectivity index (χ1n) is 13.6. The molecule has 1 aliphatic heterocycles. The van der Waals surface area contributed by atoms with Crippen LogP contribution in [0.2, 0.25) is 0 Å². The molecule has 0 spiro atoms. The maximum atomic E-state index is 12.5. The third-order valence-corrected chi connectivity index (χ3v) is 9.09. The topological polar surface area (TPSA) is 100 Å². The van der Waals surface area contributed by atoms with E-state index in [-0.39, 0.29) is 17.5 Å². The summed E-state index contributed by atoms with van der Waals surface area (Å²) < 4.78 is 45.9. The molecule has 3 unspecified atom stereocenters. The van der Waals surface area contributed by atoms with Gasteiger partial charge in [-0.15, -0.1) is 0 Å². The number of fused-ring (bicyclic) bond motifs is 1. The van der Waals surface area contributed by atoms with Crippen LogP contribution in [0.25, 0.3) is 0 Å². The lowest BCUT2D eigenvalue weighted by Gasteiger charge is -2.45. The van der Waals surface area contributed by atoms with Crippen molar-refractivity contribution >= 4 is 23.9 Å². The van der Waals surface area contributed by atoms with Gasteiger partial charge in [0.15, 0.2) is 11.5 Å². The van der Waals surface area contributed by atoms with Crippen LogP contribution in [-0.4, -0.2) is 66.3 Å². The smallest absolute Gasteiger partial charge is 0.490 e. The number of carbonyl (C=O) groups excluding carboxylic acids is 1. The normalized spacial score (nSPS) is 23.9. The number of benzene rings is 2. The number of rotatable bonds is 8. The number of hydrogen-bond acceptors (Lipinski definition) is 6. The fourth-order valence-corrected chi connectivity index (χ4v) is 6.51. The Morgan fingerprint density at radius 1 is 1.05 bits per heavy atom. The lowest BCUT2D eigenvalue weighted by Crippen LogP contribution is -2.53. The van der Waals surface area contributed by atoms with E-state index in [1.807, 2.05) is 6.07 Å². The summed E-state index contributed by atoms with van der Waals surface area (Å²) >= 11 is 1.57. The molecule has 2 saturated carbocycles. The first-order valence-corrected chi connectivity index (χ1v) is 14.5. The molecular formula is C29H36F3N3O5S. The molecule has 2 aliphatic carbocycles.